The molecule has 0 aliphatic carbocycles. The van der Waals surface area contributed by atoms with Crippen LogP contribution in [0, 0.1) is 0 Å². The minimum atomic E-state index is -0.646. The van der Waals surface area contributed by atoms with E-state index >= 15 is 0 Å². The van der Waals surface area contributed by atoms with Gasteiger partial charge >= 0.3 is 5.97 Å². The summed E-state index contributed by atoms with van der Waals surface area (Å²) in [6, 6.07) is 15.0. The first-order valence-corrected chi connectivity index (χ1v) is 8.47. The number of carbonyl (C=O) groups is 2. The zero-order valence-electron chi connectivity index (χ0n) is 12.9. The van der Waals surface area contributed by atoms with Crippen molar-refractivity contribution in [3.8, 4) is 11.1 Å². The summed E-state index contributed by atoms with van der Waals surface area (Å²) >= 11 is 7.16. The van der Waals surface area contributed by atoms with E-state index in [-0.39, 0.29) is 11.7 Å². The van der Waals surface area contributed by atoms with Crippen LogP contribution in [0.4, 0.5) is 0 Å². The van der Waals surface area contributed by atoms with Gasteiger partial charge in [0.2, 0.25) is 0 Å². The lowest BCUT2D eigenvalue weighted by molar-refractivity contribution is -0.142. The second-order valence-electron chi connectivity index (χ2n) is 4.84. The summed E-state index contributed by atoms with van der Waals surface area (Å²) in [5.74, 6) is -0.404. The van der Waals surface area contributed by atoms with Crippen LogP contribution in [-0.2, 0) is 14.3 Å². The molecule has 0 N–H and O–H groups in total. The molecule has 1 unspecified atom stereocenters. The monoisotopic (exact) mass is 348 g/mol. The standard InChI is InChI=1S/C18H17ClO3S/c1-3-22-18(21)17(23-12(2)20)14-10-8-13(9-11-14)15-6-4-5-7-16(15)19/h4-11,17H,3H2,1-2H3. The van der Waals surface area contributed by atoms with E-state index in [4.69, 9.17) is 16.3 Å². The van der Waals surface area contributed by atoms with Gasteiger partial charge in [-0.3, -0.25) is 9.59 Å². The fourth-order valence-corrected chi connectivity index (χ4v) is 3.20. The SMILES string of the molecule is CCOC(=O)C(SC(C)=O)c1ccc(-c2ccccc2Cl)cc1. The van der Waals surface area contributed by atoms with Gasteiger partial charge in [-0.2, -0.15) is 0 Å². The maximum atomic E-state index is 12.1. The highest BCUT2D eigenvalue weighted by Crippen LogP contribution is 2.33. The molecule has 0 aliphatic heterocycles. The third kappa shape index (κ3) is 4.60. The van der Waals surface area contributed by atoms with Crippen LogP contribution in [0.2, 0.25) is 5.02 Å². The van der Waals surface area contributed by atoms with Gasteiger partial charge in [0, 0.05) is 17.5 Å². The summed E-state index contributed by atoms with van der Waals surface area (Å²) in [5.41, 5.74) is 2.61. The van der Waals surface area contributed by atoms with Crippen molar-refractivity contribution in [1.29, 1.82) is 0 Å². The lowest BCUT2D eigenvalue weighted by Gasteiger charge is -2.14. The third-order valence-corrected chi connectivity index (χ3v) is 4.54. The molecule has 0 bridgehead atoms. The Hall–Kier alpha value is -1.78. The molecule has 120 valence electrons. The number of carbonyl (C=O) groups excluding carboxylic acids is 2. The van der Waals surface area contributed by atoms with Crippen LogP contribution in [0.3, 0.4) is 0 Å². The van der Waals surface area contributed by atoms with Gasteiger partial charge in [0.15, 0.2) is 5.12 Å². The quantitative estimate of drug-likeness (QED) is 0.721. The van der Waals surface area contributed by atoms with Crippen molar-refractivity contribution in [2.75, 3.05) is 6.61 Å². The van der Waals surface area contributed by atoms with Crippen molar-refractivity contribution in [1.82, 2.24) is 0 Å². The van der Waals surface area contributed by atoms with Gasteiger partial charge in [-0.25, -0.2) is 0 Å². The molecule has 2 aromatic carbocycles. The fourth-order valence-electron chi connectivity index (χ4n) is 2.17. The molecule has 0 saturated heterocycles. The average molecular weight is 349 g/mol. The van der Waals surface area contributed by atoms with E-state index in [1.807, 2.05) is 48.5 Å². The Bertz CT molecular complexity index is 698. The van der Waals surface area contributed by atoms with E-state index in [2.05, 4.69) is 0 Å². The van der Waals surface area contributed by atoms with Gasteiger partial charge in [0.25, 0.3) is 0 Å². The molecule has 5 heteroatoms. The van der Waals surface area contributed by atoms with Gasteiger partial charge in [0.05, 0.1) is 6.61 Å². The Kier molecular flexibility index (Phi) is 6.25. The van der Waals surface area contributed by atoms with Gasteiger partial charge in [-0.15, -0.1) is 0 Å². The molecular weight excluding hydrogens is 332 g/mol. The molecule has 0 aromatic heterocycles. The van der Waals surface area contributed by atoms with Gasteiger partial charge in [-0.05, 0) is 24.1 Å². The first-order valence-electron chi connectivity index (χ1n) is 7.21. The van der Waals surface area contributed by atoms with Crippen LogP contribution in [0.25, 0.3) is 11.1 Å². The molecule has 23 heavy (non-hydrogen) atoms. The van der Waals surface area contributed by atoms with Crippen LogP contribution in [0.1, 0.15) is 24.7 Å². The molecule has 0 radical (unpaired) electrons. The molecule has 2 aromatic rings. The Morgan fingerprint density at radius 1 is 1.13 bits per heavy atom. The van der Waals surface area contributed by atoms with E-state index < -0.39 is 11.2 Å². The number of rotatable bonds is 5. The summed E-state index contributed by atoms with van der Waals surface area (Å²) in [6.07, 6.45) is 0. The number of benzene rings is 2. The van der Waals surface area contributed by atoms with Crippen LogP contribution in [0.5, 0.6) is 0 Å². The van der Waals surface area contributed by atoms with E-state index in [1.54, 1.807) is 6.92 Å². The molecule has 0 saturated carbocycles. The molecule has 0 amide bonds. The molecule has 0 fully saturated rings. The predicted octanol–water partition coefficient (Wildman–Crippen LogP) is 4.89. The predicted molar refractivity (Wildman–Crippen MR) is 94.5 cm³/mol. The molecule has 0 heterocycles. The minimum Gasteiger partial charge on any atom is -0.465 e. The van der Waals surface area contributed by atoms with Crippen LogP contribution in [-0.4, -0.2) is 17.7 Å². The highest BCUT2D eigenvalue weighted by molar-refractivity contribution is 8.14. The fraction of sp³-hybridized carbons (Fsp3) is 0.222. The largest absolute Gasteiger partial charge is 0.465 e. The zero-order chi connectivity index (χ0) is 16.8. The van der Waals surface area contributed by atoms with E-state index in [1.165, 1.54) is 6.92 Å². The Morgan fingerprint density at radius 2 is 1.78 bits per heavy atom. The van der Waals surface area contributed by atoms with Crippen LogP contribution >= 0.6 is 23.4 Å². The van der Waals surface area contributed by atoms with Gasteiger partial charge < -0.3 is 4.74 Å². The van der Waals surface area contributed by atoms with Crippen molar-refractivity contribution in [3.63, 3.8) is 0 Å². The number of hydrogen-bond donors (Lipinski definition) is 0. The van der Waals surface area contributed by atoms with Crippen molar-refractivity contribution < 1.29 is 14.3 Å². The Morgan fingerprint density at radius 3 is 2.35 bits per heavy atom. The third-order valence-electron chi connectivity index (χ3n) is 3.18. The summed E-state index contributed by atoms with van der Waals surface area (Å²) in [4.78, 5) is 23.5. The first kappa shape index (κ1) is 17.6. The van der Waals surface area contributed by atoms with E-state index in [0.29, 0.717) is 5.02 Å². The second-order valence-corrected chi connectivity index (χ2v) is 6.53. The smallest absolute Gasteiger partial charge is 0.324 e. The number of thioether (sulfide) groups is 1. The van der Waals surface area contributed by atoms with Crippen molar-refractivity contribution in [2.24, 2.45) is 0 Å². The molecule has 0 spiro atoms. The highest BCUT2D eigenvalue weighted by atomic mass is 35.5. The Labute approximate surface area is 145 Å². The number of esters is 1. The van der Waals surface area contributed by atoms with Gasteiger partial charge in [-0.1, -0.05) is 65.8 Å². The summed E-state index contributed by atoms with van der Waals surface area (Å²) in [5, 5.41) is -0.105. The van der Waals surface area contributed by atoms with Crippen LogP contribution < -0.4 is 0 Å². The lowest BCUT2D eigenvalue weighted by Crippen LogP contribution is -2.14. The first-order chi connectivity index (χ1) is 11.0. The number of hydrogen-bond acceptors (Lipinski definition) is 4. The average Bonchev–Trinajstić information content (AvgIpc) is 2.53. The van der Waals surface area contributed by atoms with Crippen molar-refractivity contribution >= 4 is 34.4 Å². The summed E-state index contributed by atoms with van der Waals surface area (Å²) < 4.78 is 5.06. The van der Waals surface area contributed by atoms with E-state index in [0.717, 1.165) is 28.5 Å². The number of halogens is 1. The molecular formula is C18H17ClO3S. The van der Waals surface area contributed by atoms with Crippen molar-refractivity contribution in [3.05, 3.63) is 59.1 Å². The van der Waals surface area contributed by atoms with Crippen molar-refractivity contribution in [2.45, 2.75) is 19.1 Å². The van der Waals surface area contributed by atoms with Gasteiger partial charge in [0.1, 0.15) is 5.25 Å². The van der Waals surface area contributed by atoms with Crippen LogP contribution in [0.15, 0.2) is 48.5 Å². The lowest BCUT2D eigenvalue weighted by atomic mass is 10.0. The molecule has 3 nitrogen and oxygen atoms in total. The number of ether oxygens (including phenoxy) is 1. The van der Waals surface area contributed by atoms with E-state index in [9.17, 15) is 9.59 Å². The Balaban J connectivity index is 2.30. The molecule has 1 atom stereocenters. The topological polar surface area (TPSA) is 43.4 Å². The molecule has 2 rings (SSSR count). The summed E-state index contributed by atoms with van der Waals surface area (Å²) in [7, 11) is 0. The zero-order valence-corrected chi connectivity index (χ0v) is 14.5. The molecule has 0 aliphatic rings. The maximum Gasteiger partial charge on any atom is 0.324 e. The summed E-state index contributed by atoms with van der Waals surface area (Å²) in [6.45, 7) is 3.47. The second kappa shape index (κ2) is 8.18. The highest BCUT2D eigenvalue weighted by Gasteiger charge is 2.24. The normalized spacial score (nSPS) is 11.8. The maximum absolute atomic E-state index is 12.1. The minimum absolute atomic E-state index is 0.127.